The van der Waals surface area contributed by atoms with Crippen LogP contribution in [0.3, 0.4) is 0 Å². The number of methoxy groups -OCH3 is 1. The summed E-state index contributed by atoms with van der Waals surface area (Å²) in [6.07, 6.45) is 1.21. The first kappa shape index (κ1) is 29.6. The molecule has 0 spiro atoms. The molecule has 39 heavy (non-hydrogen) atoms. The minimum Gasteiger partial charge on any atom is -0.497 e. The Labute approximate surface area is 227 Å². The van der Waals surface area contributed by atoms with Gasteiger partial charge in [-0.05, 0) is 63.9 Å². The third-order valence-electron chi connectivity index (χ3n) is 6.19. The maximum absolute atomic E-state index is 13.3. The van der Waals surface area contributed by atoms with Gasteiger partial charge in [0.1, 0.15) is 16.4 Å². The smallest absolute Gasteiger partial charge is 0.272 e. The molecule has 1 amide bonds. The molecule has 3 rings (SSSR count). The van der Waals surface area contributed by atoms with E-state index in [1.165, 1.54) is 17.9 Å². The van der Waals surface area contributed by atoms with Gasteiger partial charge in [0.25, 0.3) is 11.6 Å². The lowest BCUT2D eigenvalue weighted by Crippen LogP contribution is -2.32. The lowest BCUT2D eigenvalue weighted by molar-refractivity contribution is -0.385. The van der Waals surface area contributed by atoms with Crippen LogP contribution in [-0.2, 0) is 10.0 Å². The number of rotatable bonds is 12. The molecule has 1 heterocycles. The van der Waals surface area contributed by atoms with Crippen molar-refractivity contribution in [2.24, 2.45) is 0 Å². The van der Waals surface area contributed by atoms with Crippen molar-refractivity contribution in [2.75, 3.05) is 7.11 Å². The first-order valence-corrected chi connectivity index (χ1v) is 13.9. The molecule has 2 atom stereocenters. The lowest BCUT2D eigenvalue weighted by atomic mass is 10.2. The van der Waals surface area contributed by atoms with Crippen LogP contribution in [0.15, 0.2) is 47.4 Å². The van der Waals surface area contributed by atoms with Gasteiger partial charge in [-0.1, -0.05) is 13.8 Å². The molecule has 0 saturated carbocycles. The van der Waals surface area contributed by atoms with Gasteiger partial charge in [0.05, 0.1) is 17.7 Å². The molecule has 0 aliphatic rings. The van der Waals surface area contributed by atoms with E-state index in [1.54, 1.807) is 45.0 Å². The maximum atomic E-state index is 13.3. The van der Waals surface area contributed by atoms with Crippen LogP contribution >= 0.6 is 0 Å². The Bertz CT molecular complexity index is 1450. The van der Waals surface area contributed by atoms with Crippen LogP contribution in [0.4, 0.5) is 5.69 Å². The highest BCUT2D eigenvalue weighted by molar-refractivity contribution is 7.89. The van der Waals surface area contributed by atoms with Crippen molar-refractivity contribution in [2.45, 2.75) is 64.4 Å². The van der Waals surface area contributed by atoms with Crippen LogP contribution in [-0.4, -0.2) is 48.2 Å². The van der Waals surface area contributed by atoms with Crippen molar-refractivity contribution in [1.29, 1.82) is 0 Å². The number of nitro benzene ring substituents is 1. The number of sulfonamides is 1. The average molecular weight is 560 g/mol. The number of benzene rings is 2. The summed E-state index contributed by atoms with van der Waals surface area (Å²) in [7, 11) is -2.68. The van der Waals surface area contributed by atoms with Gasteiger partial charge < -0.3 is 14.8 Å². The topological polar surface area (TPSA) is 155 Å². The predicted octanol–water partition coefficient (Wildman–Crippen LogP) is 4.49. The Kier molecular flexibility index (Phi) is 9.30. The summed E-state index contributed by atoms with van der Waals surface area (Å²) in [5, 5.41) is 18.8. The number of aromatic nitrogens is 2. The van der Waals surface area contributed by atoms with E-state index < -0.39 is 37.5 Å². The van der Waals surface area contributed by atoms with Crippen LogP contribution in [0.5, 0.6) is 17.4 Å². The van der Waals surface area contributed by atoms with E-state index in [0.717, 1.165) is 12.1 Å². The molecule has 3 aromatic rings. The number of amides is 1. The van der Waals surface area contributed by atoms with E-state index in [9.17, 15) is 23.3 Å². The Hall–Kier alpha value is -3.97. The zero-order chi connectivity index (χ0) is 28.9. The molecule has 0 radical (unpaired) electrons. The molecule has 0 aliphatic carbocycles. The summed E-state index contributed by atoms with van der Waals surface area (Å²) in [6.45, 7) is 8.92. The summed E-state index contributed by atoms with van der Waals surface area (Å²) in [6, 6.07) is 9.58. The van der Waals surface area contributed by atoms with Gasteiger partial charge in [-0.3, -0.25) is 14.9 Å². The van der Waals surface area contributed by atoms with E-state index in [2.05, 4.69) is 15.1 Å². The third-order valence-corrected chi connectivity index (χ3v) is 7.80. The SMILES string of the molecule is CC[C@H](C)NC(=O)c1nn(-c2ccc(OC)cc2)c(Oc2ccc([N+](=O)[O-])cc2S(=O)(=O)N[C@@H](C)CC)c1C. The van der Waals surface area contributed by atoms with Crippen LogP contribution in [0.25, 0.3) is 5.69 Å². The highest BCUT2D eigenvalue weighted by atomic mass is 32.2. The van der Waals surface area contributed by atoms with Crippen LogP contribution in [0, 0.1) is 17.0 Å². The second kappa shape index (κ2) is 12.3. The Morgan fingerprint density at radius 2 is 1.74 bits per heavy atom. The van der Waals surface area contributed by atoms with Gasteiger partial charge in [-0.15, -0.1) is 0 Å². The molecular formula is C26H33N5O7S. The number of ether oxygens (including phenoxy) is 2. The number of nitro groups is 1. The van der Waals surface area contributed by atoms with Crippen molar-refractivity contribution in [3.63, 3.8) is 0 Å². The van der Waals surface area contributed by atoms with Gasteiger partial charge in [-0.25, -0.2) is 13.1 Å². The van der Waals surface area contributed by atoms with E-state index in [1.807, 2.05) is 13.8 Å². The highest BCUT2D eigenvalue weighted by Crippen LogP contribution is 2.36. The fourth-order valence-electron chi connectivity index (χ4n) is 3.53. The van der Waals surface area contributed by atoms with E-state index in [-0.39, 0.29) is 23.4 Å². The Morgan fingerprint density at radius 1 is 1.10 bits per heavy atom. The number of nitrogens with one attached hydrogen (secondary N) is 2. The molecule has 0 saturated heterocycles. The molecule has 0 fully saturated rings. The average Bonchev–Trinajstić information content (AvgIpc) is 3.23. The summed E-state index contributed by atoms with van der Waals surface area (Å²) in [4.78, 5) is 23.4. The fourth-order valence-corrected chi connectivity index (χ4v) is 5.00. The van der Waals surface area contributed by atoms with Crippen molar-refractivity contribution in [3.05, 3.63) is 63.8 Å². The van der Waals surface area contributed by atoms with Gasteiger partial charge in [-0.2, -0.15) is 9.78 Å². The van der Waals surface area contributed by atoms with Crippen molar-refractivity contribution in [3.8, 4) is 23.1 Å². The maximum Gasteiger partial charge on any atom is 0.272 e. The van der Waals surface area contributed by atoms with E-state index in [0.29, 0.717) is 29.8 Å². The summed E-state index contributed by atoms with van der Waals surface area (Å²) >= 11 is 0. The molecular weight excluding hydrogens is 526 g/mol. The number of hydrogen-bond donors (Lipinski definition) is 2. The van der Waals surface area contributed by atoms with Crippen LogP contribution in [0.1, 0.15) is 56.6 Å². The van der Waals surface area contributed by atoms with Gasteiger partial charge >= 0.3 is 0 Å². The number of nitrogens with zero attached hydrogens (tertiary/aromatic N) is 3. The third kappa shape index (κ3) is 6.73. The number of non-ortho nitro benzene ring substituents is 1. The molecule has 2 aromatic carbocycles. The molecule has 0 unspecified atom stereocenters. The molecule has 210 valence electrons. The van der Waals surface area contributed by atoms with Gasteiger partial charge in [0.2, 0.25) is 15.9 Å². The lowest BCUT2D eigenvalue weighted by Gasteiger charge is -2.16. The molecule has 0 aliphatic heterocycles. The Morgan fingerprint density at radius 3 is 2.31 bits per heavy atom. The minimum absolute atomic E-state index is 0.0725. The van der Waals surface area contributed by atoms with Crippen LogP contribution < -0.4 is 19.5 Å². The number of carbonyl (C=O) groups excluding carboxylic acids is 1. The zero-order valence-corrected chi connectivity index (χ0v) is 23.5. The fraction of sp³-hybridized carbons (Fsp3) is 0.385. The number of hydrogen-bond acceptors (Lipinski definition) is 8. The Balaban J connectivity index is 2.20. The van der Waals surface area contributed by atoms with Gasteiger partial charge in [0.15, 0.2) is 5.69 Å². The van der Waals surface area contributed by atoms with Crippen molar-refractivity contribution < 1.29 is 27.6 Å². The second-order valence-electron chi connectivity index (χ2n) is 9.09. The predicted molar refractivity (Wildman–Crippen MR) is 145 cm³/mol. The summed E-state index contributed by atoms with van der Waals surface area (Å²) < 4.78 is 41.7. The van der Waals surface area contributed by atoms with E-state index in [4.69, 9.17) is 9.47 Å². The molecule has 1 aromatic heterocycles. The van der Waals surface area contributed by atoms with Crippen LogP contribution in [0.2, 0.25) is 0 Å². The standard InChI is InChI=1S/C26H33N5O7S/c1-7-16(3)27-25(32)24-18(5)26(30(28-24)19-9-12-21(37-6)13-10-19)38-22-14-11-20(31(33)34)15-23(22)39(35,36)29-17(4)8-2/h9-17,29H,7-8H2,1-6H3,(H,27,32)/t16-,17-/m0/s1. The zero-order valence-electron chi connectivity index (χ0n) is 22.7. The van der Waals surface area contributed by atoms with Gasteiger partial charge in [0, 0.05) is 29.8 Å². The number of carbonyl (C=O) groups is 1. The normalized spacial score (nSPS) is 13.0. The quantitative estimate of drug-likeness (QED) is 0.243. The molecule has 12 nitrogen and oxygen atoms in total. The molecule has 2 N–H and O–H groups in total. The van der Waals surface area contributed by atoms with E-state index >= 15 is 0 Å². The monoisotopic (exact) mass is 559 g/mol. The first-order chi connectivity index (χ1) is 18.4. The second-order valence-corrected chi connectivity index (χ2v) is 10.8. The highest BCUT2D eigenvalue weighted by Gasteiger charge is 2.28. The first-order valence-electron chi connectivity index (χ1n) is 12.4. The summed E-state index contributed by atoms with van der Waals surface area (Å²) in [5.41, 5.74) is 0.537. The summed E-state index contributed by atoms with van der Waals surface area (Å²) in [5.74, 6) is 0.0833. The largest absolute Gasteiger partial charge is 0.497 e. The van der Waals surface area contributed by atoms with Crippen molar-refractivity contribution in [1.82, 2.24) is 19.8 Å². The van der Waals surface area contributed by atoms with Crippen molar-refractivity contribution >= 4 is 21.6 Å². The minimum atomic E-state index is -4.21. The molecule has 0 bridgehead atoms. The molecule has 13 heteroatoms.